The Morgan fingerprint density at radius 1 is 1.38 bits per heavy atom. The molecule has 5 heteroatoms. The van der Waals surface area contributed by atoms with Crippen molar-refractivity contribution in [3.8, 4) is 5.88 Å². The smallest absolute Gasteiger partial charge is 0.239 e. The van der Waals surface area contributed by atoms with Gasteiger partial charge in [0.2, 0.25) is 5.88 Å². The maximum absolute atomic E-state index is 5.87. The third-order valence-electron chi connectivity index (χ3n) is 3.85. The number of hydrogen-bond donors (Lipinski definition) is 2. The molecule has 1 fully saturated rings. The highest BCUT2D eigenvalue weighted by atomic mass is 16.5. The SMILES string of the molecule is CC1CCN(CCNc2ccc(N)c(OC(C)C)n2)CC1. The predicted molar refractivity (Wildman–Crippen MR) is 87.7 cm³/mol. The van der Waals surface area contributed by atoms with Crippen molar-refractivity contribution in [1.82, 2.24) is 9.88 Å². The van der Waals surface area contributed by atoms with Gasteiger partial charge in [-0.3, -0.25) is 0 Å². The van der Waals surface area contributed by atoms with Crippen LogP contribution in [0.5, 0.6) is 5.88 Å². The monoisotopic (exact) mass is 292 g/mol. The molecule has 21 heavy (non-hydrogen) atoms. The van der Waals surface area contributed by atoms with Crippen LogP contribution in [0.15, 0.2) is 12.1 Å². The molecule has 1 aromatic heterocycles. The molecule has 0 bridgehead atoms. The van der Waals surface area contributed by atoms with Crippen LogP contribution in [-0.4, -0.2) is 42.2 Å². The van der Waals surface area contributed by atoms with Crippen molar-refractivity contribution in [2.75, 3.05) is 37.2 Å². The highest BCUT2D eigenvalue weighted by Crippen LogP contribution is 2.22. The van der Waals surface area contributed by atoms with Gasteiger partial charge in [0.25, 0.3) is 0 Å². The topological polar surface area (TPSA) is 63.4 Å². The molecule has 0 radical (unpaired) electrons. The Balaban J connectivity index is 1.80. The summed E-state index contributed by atoms with van der Waals surface area (Å²) in [6.45, 7) is 10.6. The summed E-state index contributed by atoms with van der Waals surface area (Å²) in [5.41, 5.74) is 6.46. The highest BCUT2D eigenvalue weighted by Gasteiger charge is 2.15. The Kier molecular flexibility index (Phi) is 5.67. The standard InChI is InChI=1S/C16H28N4O/c1-12(2)21-16-14(17)4-5-15(19-16)18-8-11-20-9-6-13(3)7-10-20/h4-5,12-13H,6-11,17H2,1-3H3,(H,18,19). The van der Waals surface area contributed by atoms with E-state index in [0.29, 0.717) is 11.6 Å². The molecule has 0 amide bonds. The van der Waals surface area contributed by atoms with E-state index in [1.807, 2.05) is 26.0 Å². The third-order valence-corrected chi connectivity index (χ3v) is 3.85. The largest absolute Gasteiger partial charge is 0.473 e. The van der Waals surface area contributed by atoms with Crippen molar-refractivity contribution in [2.24, 2.45) is 5.92 Å². The summed E-state index contributed by atoms with van der Waals surface area (Å²) in [6.07, 6.45) is 2.70. The molecule has 1 aliphatic heterocycles. The quantitative estimate of drug-likeness (QED) is 0.844. The molecule has 0 unspecified atom stereocenters. The lowest BCUT2D eigenvalue weighted by Crippen LogP contribution is -2.36. The van der Waals surface area contributed by atoms with E-state index in [2.05, 4.69) is 22.1 Å². The summed E-state index contributed by atoms with van der Waals surface area (Å²) in [6, 6.07) is 3.75. The average Bonchev–Trinajstić information content (AvgIpc) is 2.44. The van der Waals surface area contributed by atoms with Gasteiger partial charge in [0.15, 0.2) is 0 Å². The van der Waals surface area contributed by atoms with E-state index in [9.17, 15) is 0 Å². The first-order chi connectivity index (χ1) is 10.0. The Morgan fingerprint density at radius 2 is 2.10 bits per heavy atom. The van der Waals surface area contributed by atoms with Gasteiger partial charge in [-0.25, -0.2) is 0 Å². The molecule has 0 spiro atoms. The molecule has 2 rings (SSSR count). The van der Waals surface area contributed by atoms with Gasteiger partial charge in [0, 0.05) is 13.1 Å². The molecule has 0 saturated carbocycles. The van der Waals surface area contributed by atoms with E-state index in [0.717, 1.165) is 24.8 Å². The number of nitrogens with two attached hydrogens (primary N) is 1. The van der Waals surface area contributed by atoms with E-state index >= 15 is 0 Å². The summed E-state index contributed by atoms with van der Waals surface area (Å²) < 4.78 is 5.61. The second kappa shape index (κ2) is 7.50. The van der Waals surface area contributed by atoms with Crippen molar-refractivity contribution in [3.05, 3.63) is 12.1 Å². The van der Waals surface area contributed by atoms with E-state index in [-0.39, 0.29) is 6.10 Å². The number of piperidine rings is 1. The number of hydrogen-bond acceptors (Lipinski definition) is 5. The third kappa shape index (κ3) is 5.08. The number of likely N-dealkylation sites (tertiary alicyclic amines) is 1. The minimum absolute atomic E-state index is 0.0744. The molecule has 1 saturated heterocycles. The predicted octanol–water partition coefficient (Wildman–Crippen LogP) is 2.59. The van der Waals surface area contributed by atoms with Gasteiger partial charge < -0.3 is 20.7 Å². The maximum Gasteiger partial charge on any atom is 0.239 e. The lowest BCUT2D eigenvalue weighted by Gasteiger charge is -2.30. The Morgan fingerprint density at radius 3 is 2.76 bits per heavy atom. The van der Waals surface area contributed by atoms with Gasteiger partial charge in [-0.15, -0.1) is 0 Å². The number of rotatable bonds is 6. The lowest BCUT2D eigenvalue weighted by atomic mass is 9.99. The fraction of sp³-hybridized carbons (Fsp3) is 0.688. The minimum Gasteiger partial charge on any atom is -0.473 e. The average molecular weight is 292 g/mol. The van der Waals surface area contributed by atoms with E-state index in [1.54, 1.807) is 0 Å². The van der Waals surface area contributed by atoms with Crippen LogP contribution in [0.4, 0.5) is 11.5 Å². The molecule has 1 aliphatic rings. The summed E-state index contributed by atoms with van der Waals surface area (Å²) in [5.74, 6) is 2.22. The Labute approximate surface area is 127 Å². The second-order valence-electron chi connectivity index (χ2n) is 6.21. The number of aromatic nitrogens is 1. The van der Waals surface area contributed by atoms with Crippen LogP contribution in [0.3, 0.4) is 0 Å². The molecule has 1 aromatic rings. The maximum atomic E-state index is 5.87. The molecule has 0 aliphatic carbocycles. The van der Waals surface area contributed by atoms with Crippen molar-refractivity contribution in [2.45, 2.75) is 39.7 Å². The fourth-order valence-corrected chi connectivity index (χ4v) is 2.50. The van der Waals surface area contributed by atoms with E-state index in [4.69, 9.17) is 10.5 Å². The van der Waals surface area contributed by atoms with Gasteiger partial charge >= 0.3 is 0 Å². The van der Waals surface area contributed by atoms with E-state index < -0.39 is 0 Å². The van der Waals surface area contributed by atoms with Gasteiger partial charge in [0.05, 0.1) is 11.8 Å². The van der Waals surface area contributed by atoms with Crippen LogP contribution in [0.1, 0.15) is 33.6 Å². The zero-order valence-corrected chi connectivity index (χ0v) is 13.4. The van der Waals surface area contributed by atoms with Crippen LogP contribution >= 0.6 is 0 Å². The van der Waals surface area contributed by atoms with Crippen molar-refractivity contribution in [3.63, 3.8) is 0 Å². The Bertz CT molecular complexity index is 442. The van der Waals surface area contributed by atoms with Crippen LogP contribution in [0, 0.1) is 5.92 Å². The van der Waals surface area contributed by atoms with E-state index in [1.165, 1.54) is 25.9 Å². The number of pyridine rings is 1. The van der Waals surface area contributed by atoms with Crippen LogP contribution < -0.4 is 15.8 Å². The zero-order chi connectivity index (χ0) is 15.2. The minimum atomic E-state index is 0.0744. The summed E-state index contributed by atoms with van der Waals surface area (Å²) in [5, 5.41) is 3.36. The first-order valence-electron chi connectivity index (χ1n) is 7.94. The molecule has 2 heterocycles. The van der Waals surface area contributed by atoms with Crippen LogP contribution in [-0.2, 0) is 0 Å². The number of nitrogens with zero attached hydrogens (tertiary/aromatic N) is 2. The van der Waals surface area contributed by atoms with Crippen molar-refractivity contribution < 1.29 is 4.74 Å². The lowest BCUT2D eigenvalue weighted by molar-refractivity contribution is 0.199. The van der Waals surface area contributed by atoms with Crippen LogP contribution in [0.2, 0.25) is 0 Å². The van der Waals surface area contributed by atoms with Gasteiger partial charge in [-0.1, -0.05) is 6.92 Å². The van der Waals surface area contributed by atoms with Gasteiger partial charge in [0.1, 0.15) is 5.82 Å². The number of anilines is 2. The highest BCUT2D eigenvalue weighted by molar-refractivity contribution is 5.53. The molecular formula is C16H28N4O. The summed E-state index contributed by atoms with van der Waals surface area (Å²) in [7, 11) is 0. The van der Waals surface area contributed by atoms with Crippen molar-refractivity contribution in [1.29, 1.82) is 0 Å². The van der Waals surface area contributed by atoms with Crippen LogP contribution in [0.25, 0.3) is 0 Å². The molecule has 5 nitrogen and oxygen atoms in total. The second-order valence-corrected chi connectivity index (χ2v) is 6.21. The zero-order valence-electron chi connectivity index (χ0n) is 13.4. The summed E-state index contributed by atoms with van der Waals surface area (Å²) >= 11 is 0. The van der Waals surface area contributed by atoms with Gasteiger partial charge in [-0.2, -0.15) is 4.98 Å². The number of nitrogens with one attached hydrogen (secondary N) is 1. The van der Waals surface area contributed by atoms with Gasteiger partial charge in [-0.05, 0) is 57.8 Å². The number of ether oxygens (including phenoxy) is 1. The Hall–Kier alpha value is -1.49. The molecule has 3 N–H and O–H groups in total. The molecule has 0 atom stereocenters. The normalized spacial score (nSPS) is 17.1. The first-order valence-corrected chi connectivity index (χ1v) is 7.94. The fourth-order valence-electron chi connectivity index (χ4n) is 2.50. The molecular weight excluding hydrogens is 264 g/mol. The molecule has 0 aromatic carbocycles. The molecule has 118 valence electrons. The summed E-state index contributed by atoms with van der Waals surface area (Å²) in [4.78, 5) is 6.94. The number of nitrogen functional groups attached to an aromatic ring is 1. The first kappa shape index (κ1) is 15.9. The van der Waals surface area contributed by atoms with Crippen molar-refractivity contribution >= 4 is 11.5 Å².